The Balaban J connectivity index is 2.40. The maximum absolute atomic E-state index is 10.6. The van der Waals surface area contributed by atoms with Gasteiger partial charge in [0.05, 0.1) is 5.60 Å². The van der Waals surface area contributed by atoms with Crippen LogP contribution < -0.4 is 0 Å². The van der Waals surface area contributed by atoms with Crippen molar-refractivity contribution in [1.29, 1.82) is 0 Å². The van der Waals surface area contributed by atoms with E-state index in [0.29, 0.717) is 5.92 Å². The summed E-state index contributed by atoms with van der Waals surface area (Å²) in [5.41, 5.74) is -0.440. The van der Waals surface area contributed by atoms with Gasteiger partial charge in [0.15, 0.2) is 0 Å². The average molecular weight is 228 g/mol. The molecule has 1 saturated heterocycles. The minimum Gasteiger partial charge on any atom is -0.390 e. The van der Waals surface area contributed by atoms with Gasteiger partial charge in [-0.15, -0.1) is 0 Å². The Morgan fingerprint density at radius 1 is 1.25 bits per heavy atom. The molecular weight excluding hydrogens is 200 g/mol. The zero-order valence-corrected chi connectivity index (χ0v) is 11.0. The Labute approximate surface area is 100 Å². The second-order valence-corrected chi connectivity index (χ2v) is 5.31. The first-order chi connectivity index (χ1) is 7.70. The molecule has 2 unspecified atom stereocenters. The van der Waals surface area contributed by atoms with Gasteiger partial charge in [0.25, 0.3) is 0 Å². The fraction of sp³-hybridized carbons (Fsp3) is 1.00. The van der Waals surface area contributed by atoms with Crippen molar-refractivity contribution in [2.75, 3.05) is 13.2 Å². The molecule has 96 valence electrons. The fourth-order valence-electron chi connectivity index (χ4n) is 2.68. The molecule has 1 heterocycles. The number of hydrogen-bond donors (Lipinski definition) is 1. The molecule has 0 amide bonds. The molecule has 1 rings (SSSR count). The van der Waals surface area contributed by atoms with E-state index in [9.17, 15) is 5.11 Å². The van der Waals surface area contributed by atoms with Crippen LogP contribution in [0.2, 0.25) is 0 Å². The molecule has 0 aromatic carbocycles. The predicted molar refractivity (Wildman–Crippen MR) is 67.5 cm³/mol. The van der Waals surface area contributed by atoms with E-state index in [1.807, 2.05) is 0 Å². The van der Waals surface area contributed by atoms with Gasteiger partial charge in [0, 0.05) is 13.2 Å². The van der Waals surface area contributed by atoms with E-state index < -0.39 is 5.60 Å². The summed E-state index contributed by atoms with van der Waals surface area (Å²) < 4.78 is 5.43. The van der Waals surface area contributed by atoms with Crippen LogP contribution in [0, 0.1) is 5.92 Å². The molecular formula is C14H28O2. The van der Waals surface area contributed by atoms with Crippen LogP contribution in [0.1, 0.15) is 65.2 Å². The zero-order chi connectivity index (χ0) is 11.9. The van der Waals surface area contributed by atoms with E-state index in [-0.39, 0.29) is 0 Å². The third-order valence-electron chi connectivity index (χ3n) is 3.85. The van der Waals surface area contributed by atoms with E-state index >= 15 is 0 Å². The first kappa shape index (κ1) is 14.0. The lowest BCUT2D eigenvalue weighted by molar-refractivity contribution is -0.00531. The van der Waals surface area contributed by atoms with Crippen molar-refractivity contribution in [2.45, 2.75) is 70.8 Å². The van der Waals surface area contributed by atoms with Gasteiger partial charge in [-0.05, 0) is 31.6 Å². The molecule has 0 bridgehead atoms. The van der Waals surface area contributed by atoms with Gasteiger partial charge < -0.3 is 9.84 Å². The minimum atomic E-state index is -0.440. The second kappa shape index (κ2) is 7.29. The molecule has 2 atom stereocenters. The first-order valence-electron chi connectivity index (χ1n) is 7.00. The Bertz CT molecular complexity index is 172. The summed E-state index contributed by atoms with van der Waals surface area (Å²) in [6.07, 6.45) is 8.78. The summed E-state index contributed by atoms with van der Waals surface area (Å²) in [7, 11) is 0. The lowest BCUT2D eigenvalue weighted by Crippen LogP contribution is -2.31. The molecule has 0 aromatic rings. The topological polar surface area (TPSA) is 29.5 Å². The number of hydrogen-bond acceptors (Lipinski definition) is 2. The zero-order valence-electron chi connectivity index (χ0n) is 11.0. The molecule has 2 heteroatoms. The summed E-state index contributed by atoms with van der Waals surface area (Å²) in [6.45, 7) is 6.05. The quantitative estimate of drug-likeness (QED) is 0.753. The average Bonchev–Trinajstić information content (AvgIpc) is 2.49. The van der Waals surface area contributed by atoms with Crippen molar-refractivity contribution < 1.29 is 9.84 Å². The fourth-order valence-corrected chi connectivity index (χ4v) is 2.68. The van der Waals surface area contributed by atoms with Gasteiger partial charge in [-0.1, -0.05) is 39.5 Å². The largest absolute Gasteiger partial charge is 0.390 e. The SMILES string of the molecule is CCCCC(CC)CC1(O)CCCOCC1. The molecule has 1 aliphatic heterocycles. The lowest BCUT2D eigenvalue weighted by atomic mass is 9.82. The standard InChI is InChI=1S/C14H28O2/c1-3-5-7-13(4-2)12-14(15)8-6-10-16-11-9-14/h13,15H,3-12H2,1-2H3. The Kier molecular flexibility index (Phi) is 6.37. The molecule has 1 N–H and O–H groups in total. The van der Waals surface area contributed by atoms with Crippen molar-refractivity contribution >= 4 is 0 Å². The van der Waals surface area contributed by atoms with Gasteiger partial charge in [-0.3, -0.25) is 0 Å². The van der Waals surface area contributed by atoms with E-state index in [4.69, 9.17) is 4.74 Å². The molecule has 0 radical (unpaired) electrons. The highest BCUT2D eigenvalue weighted by Crippen LogP contribution is 2.31. The maximum atomic E-state index is 10.6. The molecule has 0 aromatic heterocycles. The van der Waals surface area contributed by atoms with Crippen molar-refractivity contribution in [3.8, 4) is 0 Å². The van der Waals surface area contributed by atoms with Crippen LogP contribution in [0.15, 0.2) is 0 Å². The van der Waals surface area contributed by atoms with Crippen LogP contribution in [-0.4, -0.2) is 23.9 Å². The molecule has 0 spiro atoms. The highest BCUT2D eigenvalue weighted by molar-refractivity contribution is 4.82. The van der Waals surface area contributed by atoms with Gasteiger partial charge in [0.2, 0.25) is 0 Å². The maximum Gasteiger partial charge on any atom is 0.0673 e. The Morgan fingerprint density at radius 2 is 2.06 bits per heavy atom. The van der Waals surface area contributed by atoms with Crippen LogP contribution in [0.5, 0.6) is 0 Å². The van der Waals surface area contributed by atoms with E-state index in [2.05, 4.69) is 13.8 Å². The minimum absolute atomic E-state index is 0.440. The highest BCUT2D eigenvalue weighted by Gasteiger charge is 2.30. The normalized spacial score (nSPS) is 28.7. The molecule has 1 fully saturated rings. The van der Waals surface area contributed by atoms with Crippen LogP contribution in [-0.2, 0) is 4.74 Å². The van der Waals surface area contributed by atoms with Crippen molar-refractivity contribution in [1.82, 2.24) is 0 Å². The van der Waals surface area contributed by atoms with Gasteiger partial charge in [-0.2, -0.15) is 0 Å². The van der Waals surface area contributed by atoms with Crippen molar-refractivity contribution in [3.05, 3.63) is 0 Å². The highest BCUT2D eigenvalue weighted by atomic mass is 16.5. The third-order valence-corrected chi connectivity index (χ3v) is 3.85. The molecule has 0 aliphatic carbocycles. The summed E-state index contributed by atoms with van der Waals surface area (Å²) in [5.74, 6) is 0.697. The molecule has 1 aliphatic rings. The van der Waals surface area contributed by atoms with Crippen LogP contribution in [0.4, 0.5) is 0 Å². The van der Waals surface area contributed by atoms with Crippen molar-refractivity contribution in [3.63, 3.8) is 0 Å². The molecule has 2 nitrogen and oxygen atoms in total. The number of ether oxygens (including phenoxy) is 1. The van der Waals surface area contributed by atoms with Crippen LogP contribution >= 0.6 is 0 Å². The van der Waals surface area contributed by atoms with E-state index in [1.165, 1.54) is 25.7 Å². The van der Waals surface area contributed by atoms with Gasteiger partial charge >= 0.3 is 0 Å². The van der Waals surface area contributed by atoms with Crippen LogP contribution in [0.3, 0.4) is 0 Å². The van der Waals surface area contributed by atoms with Crippen LogP contribution in [0.25, 0.3) is 0 Å². The predicted octanol–water partition coefficient (Wildman–Crippen LogP) is 3.52. The number of unbranched alkanes of at least 4 members (excludes halogenated alkanes) is 1. The van der Waals surface area contributed by atoms with Crippen molar-refractivity contribution in [2.24, 2.45) is 5.92 Å². The second-order valence-electron chi connectivity index (χ2n) is 5.31. The van der Waals surface area contributed by atoms with Gasteiger partial charge in [0.1, 0.15) is 0 Å². The Morgan fingerprint density at radius 3 is 2.75 bits per heavy atom. The summed E-state index contributed by atoms with van der Waals surface area (Å²) in [5, 5.41) is 10.6. The summed E-state index contributed by atoms with van der Waals surface area (Å²) in [4.78, 5) is 0. The Hall–Kier alpha value is -0.0800. The van der Waals surface area contributed by atoms with Gasteiger partial charge in [-0.25, -0.2) is 0 Å². The smallest absolute Gasteiger partial charge is 0.0673 e. The molecule has 0 saturated carbocycles. The summed E-state index contributed by atoms with van der Waals surface area (Å²) in [6, 6.07) is 0. The monoisotopic (exact) mass is 228 g/mol. The first-order valence-corrected chi connectivity index (χ1v) is 7.00. The summed E-state index contributed by atoms with van der Waals surface area (Å²) >= 11 is 0. The van der Waals surface area contributed by atoms with E-state index in [1.54, 1.807) is 0 Å². The third kappa shape index (κ3) is 4.84. The number of rotatable bonds is 6. The lowest BCUT2D eigenvalue weighted by Gasteiger charge is -2.30. The number of aliphatic hydroxyl groups is 1. The van der Waals surface area contributed by atoms with E-state index in [0.717, 1.165) is 38.9 Å². The molecule has 16 heavy (non-hydrogen) atoms.